The first kappa shape index (κ1) is 23.8. The van der Waals surface area contributed by atoms with E-state index in [0.717, 1.165) is 54.5 Å². The Morgan fingerprint density at radius 3 is 2.38 bits per heavy atom. The Labute approximate surface area is 205 Å². The van der Waals surface area contributed by atoms with Crippen LogP contribution < -0.4 is 15.1 Å². The van der Waals surface area contributed by atoms with E-state index in [-0.39, 0.29) is 5.91 Å². The van der Waals surface area contributed by atoms with Crippen LogP contribution in [0.25, 0.3) is 0 Å². The third-order valence-electron chi connectivity index (χ3n) is 5.74. The minimum atomic E-state index is -0.259. The van der Waals surface area contributed by atoms with E-state index >= 15 is 0 Å². The highest BCUT2D eigenvalue weighted by atomic mass is 35.5. The lowest BCUT2D eigenvalue weighted by molar-refractivity contribution is 0.0954. The first-order valence-electron chi connectivity index (χ1n) is 11.3. The molecule has 0 saturated carbocycles. The Balaban J connectivity index is 1.30. The summed E-state index contributed by atoms with van der Waals surface area (Å²) in [6, 6.07) is 21.0. The van der Waals surface area contributed by atoms with Gasteiger partial charge in [-0.15, -0.1) is 0 Å². The summed E-state index contributed by atoms with van der Waals surface area (Å²) in [4.78, 5) is 14.8. The second-order valence-electron chi connectivity index (χ2n) is 8.18. The first-order valence-corrected chi connectivity index (χ1v) is 11.6. The van der Waals surface area contributed by atoms with Crippen LogP contribution in [0.4, 0.5) is 5.69 Å². The molecule has 1 aliphatic heterocycles. The number of benzene rings is 3. The van der Waals surface area contributed by atoms with Gasteiger partial charge in [0.25, 0.3) is 5.91 Å². The van der Waals surface area contributed by atoms with E-state index in [1.807, 2.05) is 56.3 Å². The summed E-state index contributed by atoms with van der Waals surface area (Å²) in [6.07, 6.45) is 0. The monoisotopic (exact) mass is 477 g/mol. The van der Waals surface area contributed by atoms with Gasteiger partial charge in [-0.05, 0) is 73.0 Å². The van der Waals surface area contributed by atoms with Gasteiger partial charge in [0.15, 0.2) is 0 Å². The average Bonchev–Trinajstić information content (AvgIpc) is 2.88. The molecule has 176 valence electrons. The number of aryl methyl sites for hydroxylation is 1. The van der Waals surface area contributed by atoms with E-state index in [1.165, 1.54) is 5.69 Å². The Hall–Kier alpha value is -3.35. The molecule has 0 bridgehead atoms. The van der Waals surface area contributed by atoms with E-state index in [2.05, 4.69) is 27.6 Å². The van der Waals surface area contributed by atoms with Gasteiger partial charge in [-0.2, -0.15) is 5.10 Å². The van der Waals surface area contributed by atoms with Crippen LogP contribution in [-0.2, 0) is 11.3 Å². The molecule has 0 unspecified atom stereocenters. The maximum absolute atomic E-state index is 12.5. The number of anilines is 1. The molecule has 7 heteroatoms. The Morgan fingerprint density at radius 2 is 1.71 bits per heavy atom. The fraction of sp³-hybridized carbons (Fsp3) is 0.259. The van der Waals surface area contributed by atoms with Crippen molar-refractivity contribution in [1.82, 2.24) is 5.43 Å². The van der Waals surface area contributed by atoms with Gasteiger partial charge >= 0.3 is 0 Å². The number of amides is 1. The fourth-order valence-corrected chi connectivity index (χ4v) is 3.74. The van der Waals surface area contributed by atoms with E-state index in [4.69, 9.17) is 21.1 Å². The van der Waals surface area contributed by atoms with Crippen LogP contribution in [-0.4, -0.2) is 37.9 Å². The topological polar surface area (TPSA) is 63.2 Å². The second-order valence-corrected chi connectivity index (χ2v) is 8.59. The number of rotatable bonds is 7. The van der Waals surface area contributed by atoms with Crippen molar-refractivity contribution in [3.63, 3.8) is 0 Å². The summed E-state index contributed by atoms with van der Waals surface area (Å²) >= 11 is 6.05. The van der Waals surface area contributed by atoms with Crippen molar-refractivity contribution in [3.8, 4) is 5.75 Å². The number of carbonyl (C=O) groups is 1. The van der Waals surface area contributed by atoms with Gasteiger partial charge in [0.2, 0.25) is 0 Å². The number of hydrogen-bond donors (Lipinski definition) is 1. The van der Waals surface area contributed by atoms with E-state index in [0.29, 0.717) is 17.2 Å². The summed E-state index contributed by atoms with van der Waals surface area (Å²) in [6.45, 7) is 7.52. The zero-order valence-electron chi connectivity index (χ0n) is 19.4. The molecule has 1 amide bonds. The number of morpholine rings is 1. The molecule has 0 aliphatic carbocycles. The number of hydrazone groups is 1. The molecule has 1 fully saturated rings. The normalized spacial score (nSPS) is 14.1. The van der Waals surface area contributed by atoms with Crippen LogP contribution in [0.2, 0.25) is 5.02 Å². The number of carbonyl (C=O) groups excluding carboxylic acids is 1. The van der Waals surface area contributed by atoms with E-state index in [9.17, 15) is 4.79 Å². The summed E-state index contributed by atoms with van der Waals surface area (Å²) < 4.78 is 11.2. The smallest absolute Gasteiger partial charge is 0.271 e. The fourth-order valence-electron chi connectivity index (χ4n) is 3.62. The number of halogens is 1. The molecule has 3 aromatic rings. The molecule has 1 heterocycles. The molecular weight excluding hydrogens is 450 g/mol. The molecule has 4 rings (SSSR count). The maximum atomic E-state index is 12.5. The maximum Gasteiger partial charge on any atom is 0.271 e. The summed E-state index contributed by atoms with van der Waals surface area (Å²) in [7, 11) is 0. The molecule has 3 aromatic carbocycles. The second kappa shape index (κ2) is 11.2. The Kier molecular flexibility index (Phi) is 7.83. The SMILES string of the molecule is C/C(=N/NC(=O)c1ccc(COc2ccc(Cl)c(C)c2)cc1)c1ccc(N2CCOCC2)cc1. The molecule has 0 radical (unpaired) electrons. The molecule has 1 N–H and O–H groups in total. The first-order chi connectivity index (χ1) is 16.5. The van der Waals surface area contributed by atoms with E-state index < -0.39 is 0 Å². The van der Waals surface area contributed by atoms with Crippen molar-refractivity contribution in [2.45, 2.75) is 20.5 Å². The van der Waals surface area contributed by atoms with Crippen LogP contribution in [0, 0.1) is 6.92 Å². The predicted molar refractivity (Wildman–Crippen MR) is 136 cm³/mol. The van der Waals surface area contributed by atoms with Crippen molar-refractivity contribution in [1.29, 1.82) is 0 Å². The number of nitrogens with zero attached hydrogens (tertiary/aromatic N) is 2. The highest BCUT2D eigenvalue weighted by Crippen LogP contribution is 2.22. The highest BCUT2D eigenvalue weighted by Gasteiger charge is 2.11. The molecule has 1 saturated heterocycles. The van der Waals surface area contributed by atoms with Gasteiger partial charge in [-0.25, -0.2) is 5.43 Å². The van der Waals surface area contributed by atoms with Crippen molar-refractivity contribution in [2.75, 3.05) is 31.2 Å². The number of ether oxygens (including phenoxy) is 2. The largest absolute Gasteiger partial charge is 0.489 e. The van der Waals surface area contributed by atoms with Crippen LogP contribution in [0.1, 0.15) is 34.0 Å². The van der Waals surface area contributed by atoms with Gasteiger partial charge in [-0.1, -0.05) is 35.9 Å². The summed E-state index contributed by atoms with van der Waals surface area (Å²) in [5.41, 5.74) is 7.97. The Morgan fingerprint density at radius 1 is 1.03 bits per heavy atom. The van der Waals surface area contributed by atoms with Crippen LogP contribution >= 0.6 is 11.6 Å². The van der Waals surface area contributed by atoms with E-state index in [1.54, 1.807) is 12.1 Å². The van der Waals surface area contributed by atoms with Crippen LogP contribution in [0.15, 0.2) is 71.8 Å². The lowest BCUT2D eigenvalue weighted by atomic mass is 10.1. The van der Waals surface area contributed by atoms with Gasteiger partial charge < -0.3 is 14.4 Å². The lowest BCUT2D eigenvalue weighted by Crippen LogP contribution is -2.36. The molecule has 1 aliphatic rings. The van der Waals surface area contributed by atoms with Crippen LogP contribution in [0.3, 0.4) is 0 Å². The zero-order chi connectivity index (χ0) is 23.9. The molecule has 34 heavy (non-hydrogen) atoms. The van der Waals surface area contributed by atoms with Gasteiger partial charge in [0, 0.05) is 29.4 Å². The average molecular weight is 478 g/mol. The van der Waals surface area contributed by atoms with Crippen molar-refractivity contribution in [3.05, 3.63) is 94.0 Å². The third kappa shape index (κ3) is 6.16. The molecule has 0 spiro atoms. The number of hydrogen-bond acceptors (Lipinski definition) is 5. The summed E-state index contributed by atoms with van der Waals surface area (Å²) in [5, 5.41) is 4.99. The third-order valence-corrected chi connectivity index (χ3v) is 6.16. The predicted octanol–water partition coefficient (Wildman–Crippen LogP) is 5.22. The standard InChI is InChI=1S/C27H28ClN3O3/c1-19-17-25(11-12-26(19)28)34-18-21-3-5-23(6-4-21)27(32)30-29-20(2)22-7-9-24(10-8-22)31-13-15-33-16-14-31/h3-12,17H,13-16,18H2,1-2H3,(H,30,32)/b29-20-. The van der Waals surface area contributed by atoms with Crippen LogP contribution in [0.5, 0.6) is 5.75 Å². The molecule has 0 aromatic heterocycles. The van der Waals surface area contributed by atoms with Gasteiger partial charge in [-0.3, -0.25) is 4.79 Å². The van der Waals surface area contributed by atoms with Crippen molar-refractivity contribution >= 4 is 28.9 Å². The van der Waals surface area contributed by atoms with Gasteiger partial charge in [0.1, 0.15) is 12.4 Å². The highest BCUT2D eigenvalue weighted by molar-refractivity contribution is 6.31. The van der Waals surface area contributed by atoms with Crippen molar-refractivity contribution in [2.24, 2.45) is 5.10 Å². The molecule has 0 atom stereocenters. The molecular formula is C27H28ClN3O3. The van der Waals surface area contributed by atoms with Crippen molar-refractivity contribution < 1.29 is 14.3 Å². The molecule has 6 nitrogen and oxygen atoms in total. The number of nitrogens with one attached hydrogen (secondary N) is 1. The summed E-state index contributed by atoms with van der Waals surface area (Å²) in [5.74, 6) is 0.497. The van der Waals surface area contributed by atoms with Gasteiger partial charge in [0.05, 0.1) is 18.9 Å². The lowest BCUT2D eigenvalue weighted by Gasteiger charge is -2.28. The Bertz CT molecular complexity index is 1150. The minimum absolute atomic E-state index is 0.259. The quantitative estimate of drug-likeness (QED) is 0.374. The zero-order valence-corrected chi connectivity index (χ0v) is 20.1. The minimum Gasteiger partial charge on any atom is -0.489 e.